The van der Waals surface area contributed by atoms with E-state index in [2.05, 4.69) is 0 Å². The Morgan fingerprint density at radius 2 is 1.62 bits per heavy atom. The fourth-order valence-corrected chi connectivity index (χ4v) is 1.93. The minimum Gasteiger partial charge on any atom is -0.459 e. The molecule has 0 fully saturated rings. The number of aliphatic hydroxyl groups excluding tert-OH is 2. The van der Waals surface area contributed by atoms with E-state index in [0.29, 0.717) is 5.56 Å². The lowest BCUT2D eigenvalue weighted by molar-refractivity contribution is -0.174. The van der Waals surface area contributed by atoms with Crippen LogP contribution in [0.5, 0.6) is 0 Å². The Labute approximate surface area is 126 Å². The molecule has 0 aliphatic heterocycles. The van der Waals surface area contributed by atoms with Gasteiger partial charge in [-0.3, -0.25) is 4.79 Å². The predicted octanol–water partition coefficient (Wildman–Crippen LogP) is 2.69. The van der Waals surface area contributed by atoms with Gasteiger partial charge >= 0.3 is 5.97 Å². The molecule has 3 atom stereocenters. The first-order valence-electron chi connectivity index (χ1n) is 7.26. The van der Waals surface area contributed by atoms with E-state index < -0.39 is 23.7 Å². The molecule has 0 bridgehead atoms. The van der Waals surface area contributed by atoms with Crippen LogP contribution in [-0.2, 0) is 9.53 Å². The van der Waals surface area contributed by atoms with Crippen LogP contribution in [0.3, 0.4) is 0 Å². The average molecular weight is 294 g/mol. The molecule has 0 amide bonds. The van der Waals surface area contributed by atoms with Crippen molar-refractivity contribution in [2.45, 2.75) is 52.9 Å². The smallest absolute Gasteiger partial charge is 0.311 e. The summed E-state index contributed by atoms with van der Waals surface area (Å²) in [7, 11) is 0. The molecule has 2 N–H and O–H groups in total. The summed E-state index contributed by atoms with van der Waals surface area (Å²) in [6.07, 6.45) is -3.02. The number of hydrogen-bond acceptors (Lipinski definition) is 4. The number of rotatable bonds is 5. The van der Waals surface area contributed by atoms with Gasteiger partial charge in [0.05, 0.1) is 5.41 Å². The third-order valence-electron chi connectivity index (χ3n) is 3.31. The molecule has 0 aliphatic rings. The number of carbonyl (C=O) groups is 1. The van der Waals surface area contributed by atoms with Crippen LogP contribution in [-0.4, -0.2) is 28.4 Å². The van der Waals surface area contributed by atoms with Crippen molar-refractivity contribution in [1.29, 1.82) is 0 Å². The maximum Gasteiger partial charge on any atom is 0.311 e. The SMILES string of the molecule is CC(C)[C@H](OC(=O)C(C)(C)C)[C@@H](O)[C@H](O)c1ccccc1. The molecule has 0 saturated heterocycles. The Kier molecular flexibility index (Phi) is 5.93. The second-order valence-electron chi connectivity index (χ2n) is 6.71. The predicted molar refractivity (Wildman–Crippen MR) is 81.6 cm³/mol. The van der Waals surface area contributed by atoms with Gasteiger partial charge in [0, 0.05) is 0 Å². The Bertz CT molecular complexity index is 448. The molecule has 1 aromatic carbocycles. The highest BCUT2D eigenvalue weighted by Crippen LogP contribution is 2.26. The number of hydrogen-bond donors (Lipinski definition) is 2. The minimum absolute atomic E-state index is 0.107. The Balaban J connectivity index is 2.88. The molecule has 0 spiro atoms. The zero-order chi connectivity index (χ0) is 16.2. The van der Waals surface area contributed by atoms with Gasteiger partial charge in [0.2, 0.25) is 0 Å². The van der Waals surface area contributed by atoms with Gasteiger partial charge < -0.3 is 14.9 Å². The molecule has 0 saturated carbocycles. The number of aliphatic hydroxyl groups is 2. The lowest BCUT2D eigenvalue weighted by atomic mass is 9.92. The molecular weight excluding hydrogens is 268 g/mol. The number of benzene rings is 1. The zero-order valence-electron chi connectivity index (χ0n) is 13.4. The zero-order valence-corrected chi connectivity index (χ0v) is 13.4. The summed E-state index contributed by atoms with van der Waals surface area (Å²) in [4.78, 5) is 12.0. The van der Waals surface area contributed by atoms with Gasteiger partial charge in [-0.15, -0.1) is 0 Å². The van der Waals surface area contributed by atoms with Crippen molar-refractivity contribution in [3.05, 3.63) is 35.9 Å². The van der Waals surface area contributed by atoms with Crippen LogP contribution in [0.1, 0.15) is 46.3 Å². The molecule has 1 rings (SSSR count). The van der Waals surface area contributed by atoms with Crippen molar-refractivity contribution in [2.24, 2.45) is 11.3 Å². The summed E-state index contributed by atoms with van der Waals surface area (Å²) >= 11 is 0. The topological polar surface area (TPSA) is 66.8 Å². The van der Waals surface area contributed by atoms with Gasteiger partial charge in [0.25, 0.3) is 0 Å². The molecule has 1 aromatic rings. The lowest BCUT2D eigenvalue weighted by Crippen LogP contribution is -2.42. The molecule has 0 heterocycles. The number of ether oxygens (including phenoxy) is 1. The van der Waals surface area contributed by atoms with E-state index in [1.54, 1.807) is 45.0 Å². The summed E-state index contributed by atoms with van der Waals surface area (Å²) in [5, 5.41) is 20.7. The third kappa shape index (κ3) is 4.83. The van der Waals surface area contributed by atoms with Gasteiger partial charge in [-0.05, 0) is 32.3 Å². The Morgan fingerprint density at radius 3 is 2.05 bits per heavy atom. The maximum atomic E-state index is 12.0. The highest BCUT2D eigenvalue weighted by atomic mass is 16.6. The average Bonchev–Trinajstić information content (AvgIpc) is 2.42. The fraction of sp³-hybridized carbons (Fsp3) is 0.588. The number of esters is 1. The monoisotopic (exact) mass is 294 g/mol. The fourth-order valence-electron chi connectivity index (χ4n) is 1.93. The first kappa shape index (κ1) is 17.7. The van der Waals surface area contributed by atoms with Crippen LogP contribution in [0, 0.1) is 11.3 Å². The van der Waals surface area contributed by atoms with Crippen LogP contribution in [0.25, 0.3) is 0 Å². The molecule has 118 valence electrons. The van der Waals surface area contributed by atoms with E-state index in [1.807, 2.05) is 19.9 Å². The largest absolute Gasteiger partial charge is 0.459 e. The first-order valence-corrected chi connectivity index (χ1v) is 7.26. The van der Waals surface area contributed by atoms with Crippen molar-refractivity contribution in [3.63, 3.8) is 0 Å². The van der Waals surface area contributed by atoms with Crippen LogP contribution in [0.2, 0.25) is 0 Å². The van der Waals surface area contributed by atoms with Crippen LogP contribution in [0.15, 0.2) is 30.3 Å². The van der Waals surface area contributed by atoms with E-state index in [1.165, 1.54) is 0 Å². The summed E-state index contributed by atoms with van der Waals surface area (Å²) in [6, 6.07) is 8.88. The van der Waals surface area contributed by atoms with Crippen LogP contribution in [0.4, 0.5) is 0 Å². The second kappa shape index (κ2) is 7.05. The van der Waals surface area contributed by atoms with Gasteiger partial charge in [0.1, 0.15) is 18.3 Å². The maximum absolute atomic E-state index is 12.0. The third-order valence-corrected chi connectivity index (χ3v) is 3.31. The highest BCUT2D eigenvalue weighted by Gasteiger charge is 2.35. The van der Waals surface area contributed by atoms with Crippen LogP contribution >= 0.6 is 0 Å². The van der Waals surface area contributed by atoms with Gasteiger partial charge in [-0.1, -0.05) is 44.2 Å². The molecule has 0 radical (unpaired) electrons. The molecule has 4 nitrogen and oxygen atoms in total. The molecule has 21 heavy (non-hydrogen) atoms. The quantitative estimate of drug-likeness (QED) is 0.819. The van der Waals surface area contributed by atoms with Crippen LogP contribution < -0.4 is 0 Å². The summed E-state index contributed by atoms with van der Waals surface area (Å²) in [5.74, 6) is -0.495. The molecule has 4 heteroatoms. The molecule has 0 aliphatic carbocycles. The molecular formula is C17H26O4. The van der Waals surface area contributed by atoms with E-state index in [4.69, 9.17) is 4.74 Å². The standard InChI is InChI=1S/C17H26O4/c1-11(2)15(21-16(20)17(3,4)5)14(19)13(18)12-9-7-6-8-10-12/h6-11,13-15,18-19H,1-5H3/t13-,14+,15+/m1/s1. The Morgan fingerprint density at radius 1 is 1.10 bits per heavy atom. The van der Waals surface area contributed by atoms with Crippen molar-refractivity contribution < 1.29 is 19.7 Å². The summed E-state index contributed by atoms with van der Waals surface area (Å²) in [5.41, 5.74) is -0.0488. The van der Waals surface area contributed by atoms with Gasteiger partial charge in [0.15, 0.2) is 0 Å². The van der Waals surface area contributed by atoms with E-state index in [-0.39, 0.29) is 11.9 Å². The summed E-state index contributed by atoms with van der Waals surface area (Å²) < 4.78 is 5.43. The lowest BCUT2D eigenvalue weighted by Gasteiger charge is -2.31. The van der Waals surface area contributed by atoms with Gasteiger partial charge in [-0.2, -0.15) is 0 Å². The van der Waals surface area contributed by atoms with Crippen molar-refractivity contribution in [2.75, 3.05) is 0 Å². The van der Waals surface area contributed by atoms with E-state index >= 15 is 0 Å². The molecule has 0 aromatic heterocycles. The van der Waals surface area contributed by atoms with Gasteiger partial charge in [-0.25, -0.2) is 0 Å². The highest BCUT2D eigenvalue weighted by molar-refractivity contribution is 5.75. The normalized spacial score (nSPS) is 16.4. The van der Waals surface area contributed by atoms with E-state index in [0.717, 1.165) is 0 Å². The summed E-state index contributed by atoms with van der Waals surface area (Å²) in [6.45, 7) is 8.97. The van der Waals surface area contributed by atoms with Crippen molar-refractivity contribution >= 4 is 5.97 Å². The minimum atomic E-state index is -1.17. The Hall–Kier alpha value is -1.39. The first-order chi connectivity index (χ1) is 9.64. The van der Waals surface area contributed by atoms with Crippen molar-refractivity contribution in [3.8, 4) is 0 Å². The second-order valence-corrected chi connectivity index (χ2v) is 6.71. The van der Waals surface area contributed by atoms with E-state index in [9.17, 15) is 15.0 Å². The molecule has 0 unspecified atom stereocenters. The number of carbonyl (C=O) groups excluding carboxylic acids is 1. The van der Waals surface area contributed by atoms with Crippen molar-refractivity contribution in [1.82, 2.24) is 0 Å².